The van der Waals surface area contributed by atoms with E-state index in [0.717, 1.165) is 30.7 Å². The summed E-state index contributed by atoms with van der Waals surface area (Å²) in [6.07, 6.45) is 5.68. The van der Waals surface area contributed by atoms with E-state index in [0.29, 0.717) is 0 Å². The first-order valence-electron chi connectivity index (χ1n) is 13.1. The molecule has 1 aliphatic carbocycles. The van der Waals surface area contributed by atoms with Crippen molar-refractivity contribution in [3.05, 3.63) is 136 Å². The number of aryl methyl sites for hydroxylation is 1. The fraction of sp³-hybridized carbons (Fsp3) is 0.242. The third-order valence-electron chi connectivity index (χ3n) is 7.75. The molecule has 4 aromatic carbocycles. The van der Waals surface area contributed by atoms with Crippen LogP contribution < -0.4 is 4.80 Å². The van der Waals surface area contributed by atoms with Crippen LogP contribution in [0.4, 0.5) is 0 Å². The fourth-order valence-electron chi connectivity index (χ4n) is 5.57. The minimum absolute atomic E-state index is 0.0877. The number of hydrogen-bond donors (Lipinski definition) is 0. The van der Waals surface area contributed by atoms with Gasteiger partial charge in [0.05, 0.1) is 0 Å². The highest BCUT2D eigenvalue weighted by molar-refractivity contribution is 7.07. The minimum Gasteiger partial charge on any atom is -0.320 e. The van der Waals surface area contributed by atoms with E-state index in [1.54, 1.807) is 0 Å². The lowest BCUT2D eigenvalue weighted by Gasteiger charge is -2.43. The van der Waals surface area contributed by atoms with Gasteiger partial charge in [-0.1, -0.05) is 110 Å². The highest BCUT2D eigenvalue weighted by Gasteiger charge is 2.43. The maximum Gasteiger partial charge on any atom is 0.184 e. The van der Waals surface area contributed by atoms with Gasteiger partial charge in [-0.25, -0.2) is 0 Å². The van der Waals surface area contributed by atoms with Gasteiger partial charge in [0, 0.05) is 29.6 Å². The molecule has 1 heterocycles. The Morgan fingerprint density at radius 3 is 2.08 bits per heavy atom. The first-order chi connectivity index (χ1) is 17.8. The Morgan fingerprint density at radius 2 is 1.39 bits per heavy atom. The maximum absolute atomic E-state index is 5.13. The Morgan fingerprint density at radius 1 is 0.722 bits per heavy atom. The minimum atomic E-state index is 0.0877. The van der Waals surface area contributed by atoms with E-state index in [1.807, 2.05) is 11.3 Å². The van der Waals surface area contributed by atoms with Gasteiger partial charge in [0.2, 0.25) is 0 Å². The van der Waals surface area contributed by atoms with E-state index < -0.39 is 0 Å². The predicted octanol–water partition coefficient (Wildman–Crippen LogP) is 7.56. The Hall–Kier alpha value is -3.43. The molecule has 2 nitrogen and oxygen atoms in total. The van der Waals surface area contributed by atoms with Crippen LogP contribution in [0, 0.1) is 0 Å². The molecule has 180 valence electrons. The summed E-state index contributed by atoms with van der Waals surface area (Å²) in [6, 6.07) is 37.4. The highest BCUT2D eigenvalue weighted by atomic mass is 32.1. The number of fused-ring (bicyclic) bond motifs is 1. The number of rotatable bonds is 8. The van der Waals surface area contributed by atoms with E-state index in [4.69, 9.17) is 4.99 Å². The summed E-state index contributed by atoms with van der Waals surface area (Å²) >= 11 is 1.82. The summed E-state index contributed by atoms with van der Waals surface area (Å²) in [5, 5.41) is 5.05. The first kappa shape index (κ1) is 23.0. The molecule has 5 aromatic rings. The largest absolute Gasteiger partial charge is 0.320 e. The highest BCUT2D eigenvalue weighted by Crippen LogP contribution is 2.49. The number of thiazole rings is 1. The van der Waals surface area contributed by atoms with Crippen LogP contribution in [-0.2, 0) is 24.8 Å². The summed E-state index contributed by atoms with van der Waals surface area (Å²) in [5.74, 6) is 0. The molecule has 0 spiro atoms. The normalized spacial score (nSPS) is 15.2. The van der Waals surface area contributed by atoms with Crippen molar-refractivity contribution in [2.45, 2.75) is 44.1 Å². The van der Waals surface area contributed by atoms with Gasteiger partial charge in [-0.2, -0.15) is 0 Å². The maximum atomic E-state index is 5.13. The summed E-state index contributed by atoms with van der Waals surface area (Å²) in [6.45, 7) is 1.78. The average molecular weight is 489 g/mol. The van der Waals surface area contributed by atoms with Gasteiger partial charge in [-0.3, -0.25) is 4.99 Å². The lowest BCUT2D eigenvalue weighted by Crippen LogP contribution is -2.39. The molecular formula is C33H32N2S. The van der Waals surface area contributed by atoms with Crippen molar-refractivity contribution >= 4 is 22.1 Å². The molecule has 0 unspecified atom stereocenters. The molecule has 3 heteroatoms. The SMILES string of the molecule is c1ccc(CCN=c2scc(C3(c4ccc5ccccc5c4)CCC3)n2CCc2ccccc2)cc1. The van der Waals surface area contributed by atoms with Gasteiger partial charge in [-0.15, -0.1) is 11.3 Å². The van der Waals surface area contributed by atoms with Gasteiger partial charge in [-0.05, 0) is 53.1 Å². The molecule has 36 heavy (non-hydrogen) atoms. The quantitative estimate of drug-likeness (QED) is 0.214. The van der Waals surface area contributed by atoms with Crippen LogP contribution in [0.15, 0.2) is 114 Å². The summed E-state index contributed by atoms with van der Waals surface area (Å²) in [7, 11) is 0. The van der Waals surface area contributed by atoms with Gasteiger partial charge in [0.1, 0.15) is 0 Å². The van der Waals surface area contributed by atoms with E-state index in [-0.39, 0.29) is 5.41 Å². The van der Waals surface area contributed by atoms with Gasteiger partial charge in [0.25, 0.3) is 0 Å². The lowest BCUT2D eigenvalue weighted by molar-refractivity contribution is 0.282. The Bertz CT molecular complexity index is 1510. The van der Waals surface area contributed by atoms with Crippen molar-refractivity contribution < 1.29 is 0 Å². The van der Waals surface area contributed by atoms with Crippen molar-refractivity contribution in [1.29, 1.82) is 0 Å². The van der Waals surface area contributed by atoms with Crippen LogP contribution in [0.3, 0.4) is 0 Å². The molecule has 0 saturated heterocycles. The number of benzene rings is 4. The molecule has 0 atom stereocenters. The van der Waals surface area contributed by atoms with Crippen molar-refractivity contribution in [3.8, 4) is 0 Å². The molecule has 1 aliphatic rings. The standard InChI is InChI=1S/C33H32N2S/c1-3-10-26(11-4-1)18-22-34-32-35(23-19-27-12-5-2-6-13-27)31(25-36-32)33(20-9-21-33)30-17-16-28-14-7-8-15-29(28)24-30/h1-8,10-17,24-25H,9,18-23H2. The zero-order chi connectivity index (χ0) is 24.2. The van der Waals surface area contributed by atoms with Crippen LogP contribution in [0.5, 0.6) is 0 Å². The molecular weight excluding hydrogens is 456 g/mol. The van der Waals surface area contributed by atoms with E-state index >= 15 is 0 Å². The number of aromatic nitrogens is 1. The Balaban J connectivity index is 1.37. The lowest BCUT2D eigenvalue weighted by atomic mass is 9.62. The zero-order valence-electron chi connectivity index (χ0n) is 20.6. The van der Waals surface area contributed by atoms with Crippen LogP contribution >= 0.6 is 11.3 Å². The molecule has 6 rings (SSSR count). The Labute approximate surface area is 217 Å². The van der Waals surface area contributed by atoms with Gasteiger partial charge < -0.3 is 4.57 Å². The van der Waals surface area contributed by atoms with Gasteiger partial charge in [0.15, 0.2) is 4.80 Å². The van der Waals surface area contributed by atoms with E-state index in [9.17, 15) is 0 Å². The molecule has 0 amide bonds. The van der Waals surface area contributed by atoms with E-state index in [2.05, 4.69) is 113 Å². The first-order valence-corrected chi connectivity index (χ1v) is 14.0. The molecule has 1 saturated carbocycles. The monoisotopic (exact) mass is 488 g/mol. The van der Waals surface area contributed by atoms with Crippen molar-refractivity contribution in [1.82, 2.24) is 4.57 Å². The van der Waals surface area contributed by atoms with Crippen molar-refractivity contribution in [2.75, 3.05) is 6.54 Å². The summed E-state index contributed by atoms with van der Waals surface area (Å²) < 4.78 is 2.54. The molecule has 0 N–H and O–H groups in total. The topological polar surface area (TPSA) is 17.3 Å². The van der Waals surface area contributed by atoms with Crippen LogP contribution in [0.2, 0.25) is 0 Å². The molecule has 0 bridgehead atoms. The Kier molecular flexibility index (Phi) is 6.57. The molecule has 1 aromatic heterocycles. The average Bonchev–Trinajstić information content (AvgIpc) is 3.30. The van der Waals surface area contributed by atoms with Crippen molar-refractivity contribution in [3.63, 3.8) is 0 Å². The van der Waals surface area contributed by atoms with Crippen LogP contribution in [-0.4, -0.2) is 11.1 Å². The van der Waals surface area contributed by atoms with E-state index in [1.165, 1.54) is 52.4 Å². The summed E-state index contributed by atoms with van der Waals surface area (Å²) in [5.41, 5.74) is 5.72. The van der Waals surface area contributed by atoms with Crippen molar-refractivity contribution in [2.24, 2.45) is 4.99 Å². The number of hydrogen-bond acceptors (Lipinski definition) is 2. The van der Waals surface area contributed by atoms with Crippen LogP contribution in [0.1, 0.15) is 41.6 Å². The van der Waals surface area contributed by atoms with Gasteiger partial charge >= 0.3 is 0 Å². The molecule has 1 fully saturated rings. The molecule has 0 aliphatic heterocycles. The second kappa shape index (κ2) is 10.3. The second-order valence-corrected chi connectivity index (χ2v) is 10.7. The number of nitrogens with zero attached hydrogens (tertiary/aromatic N) is 2. The second-order valence-electron chi connectivity index (χ2n) is 9.91. The fourth-order valence-corrected chi connectivity index (χ4v) is 6.62. The predicted molar refractivity (Wildman–Crippen MR) is 152 cm³/mol. The van der Waals surface area contributed by atoms with Crippen LogP contribution in [0.25, 0.3) is 10.8 Å². The third-order valence-corrected chi connectivity index (χ3v) is 8.66. The third kappa shape index (κ3) is 4.56. The molecule has 0 radical (unpaired) electrons. The zero-order valence-corrected chi connectivity index (χ0v) is 21.5. The summed E-state index contributed by atoms with van der Waals surface area (Å²) in [4.78, 5) is 6.29. The smallest absolute Gasteiger partial charge is 0.184 e.